The Hall–Kier alpha value is -3.01. The van der Waals surface area contributed by atoms with Crippen LogP contribution >= 0.6 is 11.6 Å². The first kappa shape index (κ1) is 26.2. The Balaban J connectivity index is 1.54. The van der Waals surface area contributed by atoms with Gasteiger partial charge in [-0.1, -0.05) is 31.5 Å². The summed E-state index contributed by atoms with van der Waals surface area (Å²) in [4.78, 5) is 16.8. The predicted octanol–water partition coefficient (Wildman–Crippen LogP) is 4.99. The highest BCUT2D eigenvalue weighted by Gasteiger charge is 2.35. The number of fused-ring (bicyclic) bond motifs is 2. The van der Waals surface area contributed by atoms with Crippen molar-refractivity contribution >= 4 is 45.2 Å². The fraction of sp³-hybridized carbons (Fsp3) is 0.483. The van der Waals surface area contributed by atoms with E-state index in [2.05, 4.69) is 57.9 Å². The van der Waals surface area contributed by atoms with Gasteiger partial charge in [-0.15, -0.1) is 0 Å². The zero-order valence-electron chi connectivity index (χ0n) is 23.2. The van der Waals surface area contributed by atoms with E-state index in [-0.39, 0.29) is 12.1 Å². The quantitative estimate of drug-likeness (QED) is 0.350. The molecule has 2 aliphatic rings. The first-order chi connectivity index (χ1) is 18.8. The monoisotopic (exact) mass is 550 g/mol. The smallest absolute Gasteiger partial charge is 0.228 e. The van der Waals surface area contributed by atoms with Gasteiger partial charge in [0.05, 0.1) is 16.7 Å². The molecular formula is C29H36ClFN8. The highest BCUT2D eigenvalue weighted by atomic mass is 35.5. The van der Waals surface area contributed by atoms with E-state index in [0.717, 1.165) is 67.1 Å². The van der Waals surface area contributed by atoms with Gasteiger partial charge in [-0.3, -0.25) is 10.00 Å². The van der Waals surface area contributed by atoms with Gasteiger partial charge in [-0.2, -0.15) is 10.1 Å². The maximum absolute atomic E-state index is 16.8. The van der Waals surface area contributed by atoms with E-state index in [0.29, 0.717) is 33.5 Å². The number of hydrogen-bond donors (Lipinski definition) is 2. The Morgan fingerprint density at radius 2 is 1.85 bits per heavy atom. The molecule has 8 nitrogen and oxygen atoms in total. The van der Waals surface area contributed by atoms with Crippen LogP contribution in [0.25, 0.3) is 32.9 Å². The zero-order chi connectivity index (χ0) is 27.4. The number of anilines is 2. The Morgan fingerprint density at radius 1 is 1.08 bits per heavy atom. The van der Waals surface area contributed by atoms with E-state index in [1.807, 2.05) is 25.1 Å². The third-order valence-corrected chi connectivity index (χ3v) is 8.74. The number of likely N-dealkylation sites (N-methyl/N-ethyl adjacent to an activating group) is 1. The molecule has 39 heavy (non-hydrogen) atoms. The van der Waals surface area contributed by atoms with Gasteiger partial charge in [0.1, 0.15) is 11.3 Å². The number of aryl methyl sites for hydroxylation is 1. The normalized spacial score (nSPS) is 20.4. The molecule has 2 aliphatic heterocycles. The van der Waals surface area contributed by atoms with Crippen LogP contribution in [0.1, 0.15) is 33.3 Å². The molecular weight excluding hydrogens is 515 g/mol. The van der Waals surface area contributed by atoms with Crippen molar-refractivity contribution in [2.24, 2.45) is 0 Å². The van der Waals surface area contributed by atoms with E-state index in [1.54, 1.807) is 6.20 Å². The van der Waals surface area contributed by atoms with Crippen molar-refractivity contribution in [3.05, 3.63) is 40.8 Å². The average Bonchev–Trinajstić information content (AvgIpc) is 3.37. The van der Waals surface area contributed by atoms with Crippen molar-refractivity contribution < 1.29 is 4.39 Å². The summed E-state index contributed by atoms with van der Waals surface area (Å²) < 4.78 is 16.8. The second-order valence-electron chi connectivity index (χ2n) is 11.0. The highest BCUT2D eigenvalue weighted by molar-refractivity contribution is 6.35. The van der Waals surface area contributed by atoms with E-state index >= 15 is 4.39 Å². The lowest BCUT2D eigenvalue weighted by atomic mass is 9.95. The fourth-order valence-corrected chi connectivity index (χ4v) is 6.41. The Bertz CT molecular complexity index is 1530. The first-order valence-electron chi connectivity index (χ1n) is 13.9. The van der Waals surface area contributed by atoms with Crippen molar-refractivity contribution in [3.8, 4) is 11.1 Å². The largest absolute Gasteiger partial charge is 0.350 e. The molecule has 4 heterocycles. The number of halogens is 2. The fourth-order valence-electron chi connectivity index (χ4n) is 6.12. The summed E-state index contributed by atoms with van der Waals surface area (Å²) in [6, 6.07) is 6.69. The van der Waals surface area contributed by atoms with Crippen molar-refractivity contribution in [2.75, 3.05) is 49.1 Å². The van der Waals surface area contributed by atoms with Crippen LogP contribution in [0.4, 0.5) is 16.2 Å². The van der Waals surface area contributed by atoms with E-state index in [4.69, 9.17) is 21.6 Å². The molecule has 0 spiro atoms. The molecule has 4 aromatic rings. The summed E-state index contributed by atoms with van der Waals surface area (Å²) in [5, 5.41) is 12.5. The van der Waals surface area contributed by atoms with Crippen molar-refractivity contribution in [1.29, 1.82) is 0 Å². The summed E-state index contributed by atoms with van der Waals surface area (Å²) in [5.74, 6) is 0.897. The number of nitrogens with zero attached hydrogens (tertiary/aromatic N) is 6. The summed E-state index contributed by atoms with van der Waals surface area (Å²) in [7, 11) is 0. The predicted molar refractivity (Wildman–Crippen MR) is 158 cm³/mol. The average molecular weight is 551 g/mol. The van der Waals surface area contributed by atoms with Crippen LogP contribution in [0.2, 0.25) is 5.02 Å². The third-order valence-electron chi connectivity index (χ3n) is 8.44. The van der Waals surface area contributed by atoms with Crippen LogP contribution in [0.3, 0.4) is 0 Å². The number of aromatic amines is 1. The molecule has 2 N–H and O–H groups in total. The number of hydrogen-bond acceptors (Lipinski definition) is 7. The molecule has 2 aromatic carbocycles. The Morgan fingerprint density at radius 3 is 2.59 bits per heavy atom. The lowest BCUT2D eigenvalue weighted by Crippen LogP contribution is -2.60. The molecule has 0 radical (unpaired) electrons. The van der Waals surface area contributed by atoms with E-state index in [9.17, 15) is 0 Å². The lowest BCUT2D eigenvalue weighted by molar-refractivity contribution is 0.182. The minimum Gasteiger partial charge on any atom is -0.350 e. The van der Waals surface area contributed by atoms with Crippen LogP contribution < -0.4 is 15.1 Å². The molecule has 2 saturated heterocycles. The molecule has 0 bridgehead atoms. The number of piperazine rings is 1. The molecule has 2 atom stereocenters. The minimum atomic E-state index is -0.421. The maximum atomic E-state index is 16.8. The SMILES string of the molecule is CCN(CC)C1CN(c2nc(N3C[C@@H](C)NC[C@@H]3C)c3cc(Cl)c(-c4c(C)ccc5[nH]ncc45)c(F)c3n2)C1. The number of rotatable bonds is 6. The number of H-pyrrole nitrogens is 1. The Labute approximate surface area is 233 Å². The summed E-state index contributed by atoms with van der Waals surface area (Å²) in [6.45, 7) is 15.9. The van der Waals surface area contributed by atoms with Crippen molar-refractivity contribution in [1.82, 2.24) is 30.4 Å². The Kier molecular flexibility index (Phi) is 6.85. The van der Waals surface area contributed by atoms with E-state index in [1.165, 1.54) is 0 Å². The van der Waals surface area contributed by atoms with Gasteiger partial charge in [0, 0.05) is 66.2 Å². The van der Waals surface area contributed by atoms with Crippen LogP contribution in [-0.2, 0) is 0 Å². The molecule has 0 unspecified atom stereocenters. The minimum absolute atomic E-state index is 0.190. The van der Waals surface area contributed by atoms with E-state index < -0.39 is 5.82 Å². The molecule has 0 aliphatic carbocycles. The maximum Gasteiger partial charge on any atom is 0.228 e. The van der Waals surface area contributed by atoms with Crippen molar-refractivity contribution in [3.63, 3.8) is 0 Å². The number of aromatic nitrogens is 4. The molecule has 2 fully saturated rings. The van der Waals surface area contributed by atoms with Gasteiger partial charge in [0.25, 0.3) is 0 Å². The number of nitrogens with one attached hydrogen (secondary N) is 2. The van der Waals surface area contributed by atoms with Crippen molar-refractivity contribution in [2.45, 2.75) is 52.7 Å². The highest BCUT2D eigenvalue weighted by Crippen LogP contribution is 2.43. The molecule has 0 amide bonds. The first-order valence-corrected chi connectivity index (χ1v) is 14.3. The van der Waals surface area contributed by atoms with Gasteiger partial charge in [-0.05, 0) is 51.6 Å². The second kappa shape index (κ2) is 10.2. The molecule has 2 aromatic heterocycles. The number of benzene rings is 2. The van der Waals surface area contributed by atoms with Crippen LogP contribution in [-0.4, -0.2) is 82.5 Å². The van der Waals surface area contributed by atoms with Gasteiger partial charge in [-0.25, -0.2) is 9.37 Å². The zero-order valence-corrected chi connectivity index (χ0v) is 24.0. The van der Waals surface area contributed by atoms with Crippen LogP contribution in [0.5, 0.6) is 0 Å². The van der Waals surface area contributed by atoms with Gasteiger partial charge in [0.2, 0.25) is 5.95 Å². The van der Waals surface area contributed by atoms with Gasteiger partial charge < -0.3 is 15.1 Å². The van der Waals surface area contributed by atoms with Gasteiger partial charge >= 0.3 is 0 Å². The van der Waals surface area contributed by atoms with Crippen LogP contribution in [0, 0.1) is 12.7 Å². The summed E-state index contributed by atoms with van der Waals surface area (Å²) in [6.07, 6.45) is 1.73. The lowest BCUT2D eigenvalue weighted by Gasteiger charge is -2.45. The molecule has 206 valence electrons. The molecule has 10 heteroatoms. The molecule has 6 rings (SSSR count). The third kappa shape index (κ3) is 4.40. The second-order valence-corrected chi connectivity index (χ2v) is 11.4. The van der Waals surface area contributed by atoms with Gasteiger partial charge in [0.15, 0.2) is 5.82 Å². The van der Waals surface area contributed by atoms with Crippen LogP contribution in [0.15, 0.2) is 24.4 Å². The molecule has 0 saturated carbocycles. The standard InChI is InChI=1S/C29H36ClFN8/c1-6-37(7-2)19-14-38(15-19)29-34-27-20(28(35-29)39-13-17(4)32-11-18(39)5)10-22(30)25(26(27)31)24-16(3)8-9-23-21(24)12-33-36-23/h8-10,12,17-19,32H,6-7,11,13-15H2,1-5H3,(H,33,36)/t17-,18+/m1/s1. The topological polar surface area (TPSA) is 76.2 Å². The summed E-state index contributed by atoms with van der Waals surface area (Å²) >= 11 is 6.91. The summed E-state index contributed by atoms with van der Waals surface area (Å²) in [5.41, 5.74) is 3.16.